The first-order chi connectivity index (χ1) is 37.2. The predicted octanol–water partition coefficient (Wildman–Crippen LogP) is 16.1. The Balaban J connectivity index is 0.000000323. The fourth-order valence-corrected chi connectivity index (χ4v) is 7.54. The lowest BCUT2D eigenvalue weighted by Gasteiger charge is -2.13. The number of nitrogens with one attached hydrogen (secondary N) is 4. The number of rotatable bonds is 12. The predicted molar refractivity (Wildman–Crippen MR) is 295 cm³/mol. The second-order valence-electron chi connectivity index (χ2n) is 15.9. The summed E-state index contributed by atoms with van der Waals surface area (Å²) in [5.74, 6) is 0.963. The third-order valence-electron chi connectivity index (χ3n) is 10.7. The van der Waals surface area contributed by atoms with Crippen LogP contribution in [0.2, 0.25) is 0 Å². The maximum atomic E-state index is 12.7. The van der Waals surface area contributed by atoms with Gasteiger partial charge in [-0.25, -0.2) is 24.1 Å². The van der Waals surface area contributed by atoms with Gasteiger partial charge < -0.3 is 35.2 Å². The minimum atomic E-state index is -4.75. The number of benzene rings is 7. The number of thiocarbonyl (C=S) groups is 1. The SMILES string of the molecule is CC.FC(F)(F)Oc1ccc(-n2cnc(-c3ccc(NC(=S)Nc4ccccc4-c4ccco4)cc3)n2)cc1.O=C(Nc1ccc(-c2ncn(-c3ccc(OC(F)(F)F)cc3)n2)cc1)Nc1ccccc1-c1ccccc1.[HH].[HH].[HH].[HH]. The van der Waals surface area contributed by atoms with Crippen LogP contribution in [-0.2, 0) is 0 Å². The van der Waals surface area contributed by atoms with Gasteiger partial charge in [0.1, 0.15) is 29.9 Å². The molecule has 0 saturated heterocycles. The number of nitrogens with zero attached hydrogens (tertiary/aromatic N) is 6. The van der Waals surface area contributed by atoms with Crippen LogP contribution in [0.5, 0.6) is 11.5 Å². The van der Waals surface area contributed by atoms with E-state index in [4.69, 9.17) is 16.6 Å². The molecule has 0 saturated carbocycles. The van der Waals surface area contributed by atoms with Crippen molar-refractivity contribution in [1.82, 2.24) is 29.5 Å². The minimum absolute atomic E-state index is 0. The van der Waals surface area contributed by atoms with Gasteiger partial charge in [-0.05, 0) is 145 Å². The van der Waals surface area contributed by atoms with Crippen molar-refractivity contribution in [2.75, 3.05) is 21.3 Å². The molecule has 7 aromatic carbocycles. The Morgan fingerprint density at radius 1 is 0.506 bits per heavy atom. The molecule has 10 aromatic rings. The quantitative estimate of drug-likeness (QED) is 0.0682. The van der Waals surface area contributed by atoms with E-state index in [0.29, 0.717) is 45.1 Å². The zero-order valence-corrected chi connectivity index (χ0v) is 41.4. The third kappa shape index (κ3) is 14.9. The largest absolute Gasteiger partial charge is 0.573 e. The van der Waals surface area contributed by atoms with Gasteiger partial charge in [-0.15, -0.1) is 36.5 Å². The fourth-order valence-electron chi connectivity index (χ4n) is 7.32. The Labute approximate surface area is 447 Å². The summed E-state index contributed by atoms with van der Waals surface area (Å²) in [6, 6.07) is 53.3. The molecule has 0 atom stereocenters. The van der Waals surface area contributed by atoms with E-state index >= 15 is 0 Å². The van der Waals surface area contributed by atoms with E-state index in [1.54, 1.807) is 30.5 Å². The van der Waals surface area contributed by atoms with E-state index in [1.807, 2.05) is 129 Å². The molecule has 2 amide bonds. The van der Waals surface area contributed by atoms with Gasteiger partial charge in [0, 0.05) is 39.3 Å². The standard InChI is InChI=1S/C28H20F3N5O2.C26H18F3N5O2S.C2H6.4H2/c29-28(30,31)38-23-16-14-22(15-17-23)36-18-32-26(35-36)20-10-12-21(13-11-20)33-27(37)34-25-9-5-4-8-24(25)19-6-2-1-3-7-19;27-26(28,29)36-20-13-11-19(12-14-20)34-16-30-24(33-34)17-7-9-18(10-8-17)31-25(37)32-22-5-2-1-4-21(22)23-6-3-15-35-23;1-2;;;;/h1-18H,(H2,33,34,37);1-16H,(H2,31,32,37);1-2H3;4*1H. The van der Waals surface area contributed by atoms with Gasteiger partial charge in [-0.2, -0.15) is 0 Å². The van der Waals surface area contributed by atoms with Gasteiger partial charge in [0.05, 0.1) is 29.0 Å². The summed E-state index contributed by atoms with van der Waals surface area (Å²) in [6.45, 7) is 4.00. The highest BCUT2D eigenvalue weighted by Crippen LogP contribution is 2.31. The highest BCUT2D eigenvalue weighted by Gasteiger charge is 2.32. The fraction of sp³-hybridized carbons (Fsp3) is 0.0714. The molecular formula is C56H52F6N10O4S. The lowest BCUT2D eigenvalue weighted by Crippen LogP contribution is -2.19. The monoisotopic (exact) mass is 1070 g/mol. The van der Waals surface area contributed by atoms with E-state index < -0.39 is 12.7 Å². The summed E-state index contributed by atoms with van der Waals surface area (Å²) < 4.78 is 90.3. The molecule has 0 fully saturated rings. The number of halogens is 6. The van der Waals surface area contributed by atoms with E-state index in [0.717, 1.165) is 39.4 Å². The number of hydrogen-bond acceptors (Lipinski definition) is 9. The Kier molecular flexibility index (Phi) is 17.0. The first kappa shape index (κ1) is 53.5. The average Bonchev–Trinajstić information content (AvgIpc) is 4.27. The summed E-state index contributed by atoms with van der Waals surface area (Å²) in [5, 5.41) is 21.2. The molecule has 0 aliphatic rings. The van der Waals surface area contributed by atoms with Crippen LogP contribution in [0, 0.1) is 0 Å². The molecule has 0 aliphatic carbocycles. The maximum absolute atomic E-state index is 12.7. The lowest BCUT2D eigenvalue weighted by atomic mass is 10.0. The highest BCUT2D eigenvalue weighted by atomic mass is 32.1. The number of furan rings is 1. The summed E-state index contributed by atoms with van der Waals surface area (Å²) >= 11 is 5.48. The van der Waals surface area contributed by atoms with Crippen molar-refractivity contribution in [3.05, 3.63) is 207 Å². The van der Waals surface area contributed by atoms with Crippen LogP contribution >= 0.6 is 12.2 Å². The van der Waals surface area contributed by atoms with E-state index in [1.165, 1.54) is 70.5 Å². The van der Waals surface area contributed by atoms with Crippen LogP contribution < -0.4 is 30.7 Å². The molecule has 0 unspecified atom stereocenters. The number of hydrogen-bond donors (Lipinski definition) is 4. The molecule has 0 aliphatic heterocycles. The van der Waals surface area contributed by atoms with Gasteiger partial charge in [-0.1, -0.05) is 74.5 Å². The van der Waals surface area contributed by atoms with Crippen molar-refractivity contribution in [2.24, 2.45) is 0 Å². The van der Waals surface area contributed by atoms with Crippen molar-refractivity contribution < 1.29 is 50.7 Å². The second kappa shape index (κ2) is 24.5. The molecule has 3 aromatic heterocycles. The Bertz CT molecular complexity index is 3520. The minimum Gasteiger partial charge on any atom is -0.464 e. The number of aromatic nitrogens is 6. The normalized spacial score (nSPS) is 11.0. The van der Waals surface area contributed by atoms with Crippen LogP contribution in [-0.4, -0.2) is 53.4 Å². The van der Waals surface area contributed by atoms with Crippen LogP contribution in [0.4, 0.5) is 53.9 Å². The molecule has 0 bridgehead atoms. The summed E-state index contributed by atoms with van der Waals surface area (Å²) in [5.41, 5.74) is 8.11. The van der Waals surface area contributed by atoms with Crippen LogP contribution in [0.3, 0.4) is 0 Å². The number of carbonyl (C=O) groups is 1. The molecule has 0 radical (unpaired) electrons. The number of amides is 2. The van der Waals surface area contributed by atoms with Gasteiger partial charge in [-0.3, -0.25) is 0 Å². The van der Waals surface area contributed by atoms with Crippen molar-refractivity contribution in [3.63, 3.8) is 0 Å². The second-order valence-corrected chi connectivity index (χ2v) is 16.3. The Morgan fingerprint density at radius 3 is 1.44 bits per heavy atom. The van der Waals surface area contributed by atoms with E-state index in [9.17, 15) is 31.1 Å². The number of urea groups is 1. The van der Waals surface area contributed by atoms with Crippen molar-refractivity contribution in [1.29, 1.82) is 0 Å². The number of para-hydroxylation sites is 2. The van der Waals surface area contributed by atoms with Crippen molar-refractivity contribution >= 4 is 46.1 Å². The molecule has 10 rings (SSSR count). The van der Waals surface area contributed by atoms with Crippen LogP contribution in [0.1, 0.15) is 19.6 Å². The lowest BCUT2D eigenvalue weighted by molar-refractivity contribution is -0.275. The van der Waals surface area contributed by atoms with Crippen LogP contribution in [0.25, 0.3) is 56.6 Å². The third-order valence-corrected chi connectivity index (χ3v) is 10.9. The van der Waals surface area contributed by atoms with Crippen molar-refractivity contribution in [2.45, 2.75) is 26.6 Å². The Hall–Kier alpha value is -9.76. The Morgan fingerprint density at radius 2 is 0.961 bits per heavy atom. The molecule has 77 heavy (non-hydrogen) atoms. The van der Waals surface area contributed by atoms with E-state index in [-0.39, 0.29) is 23.2 Å². The summed E-state index contributed by atoms with van der Waals surface area (Å²) in [4.78, 5) is 21.2. The smallest absolute Gasteiger partial charge is 0.464 e. The number of ether oxygens (including phenoxy) is 2. The first-order valence-electron chi connectivity index (χ1n) is 23.4. The average molecular weight is 1080 g/mol. The van der Waals surface area contributed by atoms with Crippen LogP contribution in [0.15, 0.2) is 211 Å². The summed E-state index contributed by atoms with van der Waals surface area (Å²) in [6.07, 6.45) is -4.94. The number of carbonyl (C=O) groups excluding carboxylic acids is 1. The topological polar surface area (TPSA) is 158 Å². The highest BCUT2D eigenvalue weighted by molar-refractivity contribution is 7.80. The van der Waals surface area contributed by atoms with Gasteiger partial charge in [0.2, 0.25) is 0 Å². The maximum Gasteiger partial charge on any atom is 0.573 e. The molecule has 14 nitrogen and oxygen atoms in total. The summed E-state index contributed by atoms with van der Waals surface area (Å²) in [7, 11) is 0. The molecule has 398 valence electrons. The number of alkyl halides is 6. The molecule has 4 N–H and O–H groups in total. The molecular weight excluding hydrogens is 1020 g/mol. The molecule has 0 spiro atoms. The number of anilines is 4. The molecule has 21 heteroatoms. The zero-order valence-electron chi connectivity index (χ0n) is 40.6. The van der Waals surface area contributed by atoms with Gasteiger partial charge in [0.25, 0.3) is 0 Å². The van der Waals surface area contributed by atoms with Gasteiger partial charge in [0.15, 0.2) is 16.8 Å². The van der Waals surface area contributed by atoms with Crippen molar-refractivity contribution in [3.8, 4) is 68.1 Å². The first-order valence-corrected chi connectivity index (χ1v) is 23.8. The molecule has 3 heterocycles. The zero-order chi connectivity index (χ0) is 54.4. The van der Waals surface area contributed by atoms with E-state index in [2.05, 4.69) is 50.9 Å². The van der Waals surface area contributed by atoms with Gasteiger partial charge >= 0.3 is 18.8 Å².